The number of hydroxylamine groups is 2. The van der Waals surface area contributed by atoms with E-state index in [4.69, 9.17) is 11.5 Å². The van der Waals surface area contributed by atoms with Crippen molar-refractivity contribution in [1.82, 2.24) is 5.06 Å². The third-order valence-electron chi connectivity index (χ3n) is 1.70. The fourth-order valence-corrected chi connectivity index (χ4v) is 0.963. The number of imide groups is 1. The van der Waals surface area contributed by atoms with E-state index in [1.807, 2.05) is 11.8 Å². The Balaban J connectivity index is 0.000000459. The average molecular weight is 265 g/mol. The van der Waals surface area contributed by atoms with E-state index in [1.165, 1.54) is 0 Å². The standard InChI is InChI=1S/C8H7NO4.C4H4O2/c1-2-3-8(12)13-9-6(10)4-5-7(9)11;1-2-3-4(5)6/h1H,3-5H2;1H,3H2,(H,5,6). The lowest BCUT2D eigenvalue weighted by atomic mass is 10.4. The molecule has 0 aromatic heterocycles. The van der Waals surface area contributed by atoms with E-state index in [9.17, 15) is 19.2 Å². The summed E-state index contributed by atoms with van der Waals surface area (Å²) in [5, 5.41) is 8.24. The first-order chi connectivity index (χ1) is 8.92. The van der Waals surface area contributed by atoms with Crippen molar-refractivity contribution >= 4 is 23.8 Å². The zero-order valence-corrected chi connectivity index (χ0v) is 9.92. The minimum absolute atomic E-state index is 0.0855. The minimum atomic E-state index is -0.947. The van der Waals surface area contributed by atoms with E-state index in [0.717, 1.165) is 0 Å². The van der Waals surface area contributed by atoms with Gasteiger partial charge in [0.15, 0.2) is 0 Å². The molecular formula is C12H11NO6. The molecule has 0 aliphatic carbocycles. The van der Waals surface area contributed by atoms with Crippen LogP contribution in [0.25, 0.3) is 0 Å². The molecule has 0 unspecified atom stereocenters. The van der Waals surface area contributed by atoms with Crippen LogP contribution in [-0.4, -0.2) is 33.9 Å². The molecule has 1 aliphatic rings. The van der Waals surface area contributed by atoms with E-state index in [0.29, 0.717) is 5.06 Å². The van der Waals surface area contributed by atoms with Crippen LogP contribution in [0.3, 0.4) is 0 Å². The van der Waals surface area contributed by atoms with Crippen LogP contribution < -0.4 is 0 Å². The summed E-state index contributed by atoms with van der Waals surface area (Å²) in [7, 11) is 0. The Labute approximate surface area is 109 Å². The number of nitrogens with zero attached hydrogens (tertiary/aromatic N) is 1. The van der Waals surface area contributed by atoms with E-state index < -0.39 is 23.8 Å². The van der Waals surface area contributed by atoms with Crippen LogP contribution in [-0.2, 0) is 24.0 Å². The normalized spacial score (nSPS) is 12.8. The Bertz CT molecular complexity index is 452. The van der Waals surface area contributed by atoms with Crippen LogP contribution in [0.2, 0.25) is 0 Å². The molecule has 1 N–H and O–H groups in total. The van der Waals surface area contributed by atoms with Crippen molar-refractivity contribution < 1.29 is 29.1 Å². The number of hydrogen-bond donors (Lipinski definition) is 1. The Hall–Kier alpha value is -2.80. The molecular weight excluding hydrogens is 254 g/mol. The Morgan fingerprint density at radius 1 is 1.16 bits per heavy atom. The van der Waals surface area contributed by atoms with Gasteiger partial charge in [0.1, 0.15) is 12.8 Å². The van der Waals surface area contributed by atoms with Gasteiger partial charge in [0, 0.05) is 12.8 Å². The predicted molar refractivity (Wildman–Crippen MR) is 61.7 cm³/mol. The lowest BCUT2D eigenvalue weighted by Crippen LogP contribution is -2.31. The van der Waals surface area contributed by atoms with Gasteiger partial charge in [-0.1, -0.05) is 11.8 Å². The van der Waals surface area contributed by atoms with Gasteiger partial charge in [-0.05, 0) is 0 Å². The predicted octanol–water partition coefficient (Wildman–Crippen LogP) is -0.289. The van der Waals surface area contributed by atoms with Gasteiger partial charge in [0.05, 0.1) is 0 Å². The zero-order valence-electron chi connectivity index (χ0n) is 9.92. The summed E-state index contributed by atoms with van der Waals surface area (Å²) in [4.78, 5) is 46.5. The topological polar surface area (TPSA) is 101 Å². The first-order valence-corrected chi connectivity index (χ1v) is 5.07. The molecule has 100 valence electrons. The van der Waals surface area contributed by atoms with Crippen LogP contribution in [0.4, 0.5) is 0 Å². The summed E-state index contributed by atoms with van der Waals surface area (Å²) in [6.45, 7) is 0. The quantitative estimate of drug-likeness (QED) is 0.556. The van der Waals surface area contributed by atoms with Gasteiger partial charge < -0.3 is 9.94 Å². The van der Waals surface area contributed by atoms with Crippen LogP contribution in [0, 0.1) is 24.7 Å². The van der Waals surface area contributed by atoms with Crippen molar-refractivity contribution in [3.8, 4) is 24.7 Å². The van der Waals surface area contributed by atoms with Crippen molar-refractivity contribution in [2.75, 3.05) is 0 Å². The van der Waals surface area contributed by atoms with Crippen molar-refractivity contribution in [2.24, 2.45) is 0 Å². The summed E-state index contributed by atoms with van der Waals surface area (Å²) in [5.74, 6) is 1.29. The molecule has 1 aliphatic heterocycles. The van der Waals surface area contributed by atoms with Gasteiger partial charge in [-0.3, -0.25) is 14.4 Å². The van der Waals surface area contributed by atoms with Crippen molar-refractivity contribution in [2.45, 2.75) is 25.7 Å². The third-order valence-corrected chi connectivity index (χ3v) is 1.70. The molecule has 0 aromatic carbocycles. The highest BCUT2D eigenvalue weighted by atomic mass is 16.7. The van der Waals surface area contributed by atoms with Crippen molar-refractivity contribution in [1.29, 1.82) is 0 Å². The lowest BCUT2D eigenvalue weighted by molar-refractivity contribution is -0.196. The fourth-order valence-electron chi connectivity index (χ4n) is 0.963. The molecule has 1 heterocycles. The maximum atomic E-state index is 10.9. The number of carbonyl (C=O) groups excluding carboxylic acids is 3. The molecule has 19 heavy (non-hydrogen) atoms. The van der Waals surface area contributed by atoms with Crippen LogP contribution >= 0.6 is 0 Å². The second kappa shape index (κ2) is 8.31. The van der Waals surface area contributed by atoms with Gasteiger partial charge in [-0.15, -0.1) is 17.9 Å². The number of terminal acetylenes is 2. The van der Waals surface area contributed by atoms with Crippen molar-refractivity contribution in [3.63, 3.8) is 0 Å². The minimum Gasteiger partial charge on any atom is -0.481 e. The Kier molecular flexibility index (Phi) is 7.09. The number of carboxylic acid groups (broad SMARTS) is 1. The van der Waals surface area contributed by atoms with Gasteiger partial charge in [-0.25, -0.2) is 4.79 Å². The van der Waals surface area contributed by atoms with Crippen LogP contribution in [0.5, 0.6) is 0 Å². The van der Waals surface area contributed by atoms with Crippen molar-refractivity contribution in [3.05, 3.63) is 0 Å². The second-order valence-electron chi connectivity index (χ2n) is 3.20. The number of amides is 2. The lowest BCUT2D eigenvalue weighted by Gasteiger charge is -2.10. The number of carbonyl (C=O) groups is 4. The van der Waals surface area contributed by atoms with E-state index >= 15 is 0 Å². The van der Waals surface area contributed by atoms with Gasteiger partial charge in [-0.2, -0.15) is 0 Å². The Morgan fingerprint density at radius 3 is 1.95 bits per heavy atom. The molecule has 0 bridgehead atoms. The maximum Gasteiger partial charge on any atom is 0.344 e. The van der Waals surface area contributed by atoms with Gasteiger partial charge >= 0.3 is 11.9 Å². The highest BCUT2D eigenvalue weighted by molar-refractivity contribution is 6.01. The smallest absolute Gasteiger partial charge is 0.344 e. The molecule has 1 fully saturated rings. The molecule has 0 aromatic rings. The van der Waals surface area contributed by atoms with Gasteiger partial charge in [0.2, 0.25) is 0 Å². The summed E-state index contributed by atoms with van der Waals surface area (Å²) in [6, 6.07) is 0. The van der Waals surface area contributed by atoms with Crippen LogP contribution in [0.15, 0.2) is 0 Å². The van der Waals surface area contributed by atoms with E-state index in [1.54, 1.807) is 0 Å². The summed E-state index contributed by atoms with van der Waals surface area (Å²) in [6.07, 6.45) is 9.17. The molecule has 2 amide bonds. The number of aliphatic carboxylic acids is 1. The largest absolute Gasteiger partial charge is 0.481 e. The molecule has 0 atom stereocenters. The first kappa shape index (κ1) is 16.2. The Morgan fingerprint density at radius 2 is 1.63 bits per heavy atom. The molecule has 1 saturated heterocycles. The average Bonchev–Trinajstić information content (AvgIpc) is 2.62. The van der Waals surface area contributed by atoms with Crippen LogP contribution in [0.1, 0.15) is 25.7 Å². The highest BCUT2D eigenvalue weighted by Gasteiger charge is 2.32. The second-order valence-corrected chi connectivity index (χ2v) is 3.20. The molecule has 7 heteroatoms. The van der Waals surface area contributed by atoms with Gasteiger partial charge in [0.25, 0.3) is 11.8 Å². The number of carboxylic acids is 1. The first-order valence-electron chi connectivity index (χ1n) is 5.07. The SMILES string of the molecule is C#CCC(=O)O.C#CCC(=O)ON1C(=O)CCC1=O. The third kappa shape index (κ3) is 6.49. The van der Waals surface area contributed by atoms with E-state index in [2.05, 4.69) is 11.3 Å². The molecule has 7 nitrogen and oxygen atoms in total. The maximum absolute atomic E-state index is 10.9. The highest BCUT2D eigenvalue weighted by Crippen LogP contribution is 2.12. The molecule has 0 spiro atoms. The molecule has 1 rings (SSSR count). The zero-order chi connectivity index (χ0) is 14.8. The van der Waals surface area contributed by atoms with E-state index in [-0.39, 0.29) is 25.7 Å². The molecule has 0 radical (unpaired) electrons. The summed E-state index contributed by atoms with van der Waals surface area (Å²) < 4.78 is 0. The fraction of sp³-hybridized carbons (Fsp3) is 0.333. The summed E-state index contributed by atoms with van der Waals surface area (Å²) >= 11 is 0. The molecule has 0 saturated carbocycles. The number of rotatable bonds is 3. The number of hydrogen-bond acceptors (Lipinski definition) is 5. The monoisotopic (exact) mass is 265 g/mol. The summed E-state index contributed by atoms with van der Waals surface area (Å²) in [5.41, 5.74) is 0.